The van der Waals surface area contributed by atoms with Crippen LogP contribution in [0.4, 0.5) is 5.69 Å². The molecule has 0 saturated carbocycles. The number of fused-ring (bicyclic) bond motifs is 1. The summed E-state index contributed by atoms with van der Waals surface area (Å²) in [6.07, 6.45) is 0. The first-order chi connectivity index (χ1) is 9.89. The van der Waals surface area contributed by atoms with E-state index < -0.39 is 10.0 Å². The Kier molecular flexibility index (Phi) is 3.26. The van der Waals surface area contributed by atoms with Crippen molar-refractivity contribution in [2.75, 3.05) is 10.8 Å². The van der Waals surface area contributed by atoms with Crippen LogP contribution >= 0.6 is 11.6 Å². The minimum atomic E-state index is -3.75. The molecule has 108 valence electrons. The van der Waals surface area contributed by atoms with E-state index in [1.54, 1.807) is 36.4 Å². The maximum absolute atomic E-state index is 12.7. The molecular formula is C15H12ClNO3S. The van der Waals surface area contributed by atoms with Gasteiger partial charge in [-0.15, -0.1) is 0 Å². The van der Waals surface area contributed by atoms with Crippen molar-refractivity contribution in [2.45, 2.75) is 11.8 Å². The lowest BCUT2D eigenvalue weighted by atomic mass is 10.1. The van der Waals surface area contributed by atoms with Crippen molar-refractivity contribution in [3.8, 4) is 0 Å². The van der Waals surface area contributed by atoms with Crippen LogP contribution in [0.25, 0.3) is 0 Å². The van der Waals surface area contributed by atoms with Gasteiger partial charge in [-0.25, -0.2) is 8.42 Å². The van der Waals surface area contributed by atoms with Gasteiger partial charge in [0.2, 0.25) is 0 Å². The van der Waals surface area contributed by atoms with E-state index in [2.05, 4.69) is 0 Å². The summed E-state index contributed by atoms with van der Waals surface area (Å²) in [5, 5.41) is 0.414. The summed E-state index contributed by atoms with van der Waals surface area (Å²) < 4.78 is 26.5. The molecule has 1 aliphatic heterocycles. The molecule has 0 radical (unpaired) electrons. The summed E-state index contributed by atoms with van der Waals surface area (Å²) in [7, 11) is -3.75. The van der Waals surface area contributed by atoms with Gasteiger partial charge in [-0.2, -0.15) is 0 Å². The number of nitrogens with zero attached hydrogens (tertiary/aromatic N) is 1. The molecule has 1 aliphatic rings. The Bertz CT molecular complexity index is 828. The summed E-state index contributed by atoms with van der Waals surface area (Å²) in [6, 6.07) is 11.2. The molecule has 0 atom stereocenters. The molecule has 1 heterocycles. The average Bonchev–Trinajstić information content (AvgIpc) is 2.77. The first kappa shape index (κ1) is 14.1. The highest BCUT2D eigenvalue weighted by Gasteiger charge is 2.35. The number of anilines is 1. The Morgan fingerprint density at radius 1 is 1.10 bits per heavy atom. The molecule has 0 bridgehead atoms. The van der Waals surface area contributed by atoms with E-state index in [0.29, 0.717) is 16.3 Å². The van der Waals surface area contributed by atoms with Gasteiger partial charge in [0.05, 0.1) is 17.1 Å². The Balaban J connectivity index is 2.10. The molecule has 0 amide bonds. The van der Waals surface area contributed by atoms with Crippen molar-refractivity contribution >= 4 is 33.1 Å². The molecule has 0 saturated heterocycles. The van der Waals surface area contributed by atoms with Crippen LogP contribution in [-0.2, 0) is 10.0 Å². The number of aryl methyl sites for hydroxylation is 1. The van der Waals surface area contributed by atoms with E-state index in [1.165, 1.54) is 6.07 Å². The summed E-state index contributed by atoms with van der Waals surface area (Å²) >= 11 is 5.86. The molecule has 3 rings (SSSR count). The van der Waals surface area contributed by atoms with Crippen molar-refractivity contribution in [1.82, 2.24) is 0 Å². The number of Topliss-reactive ketones (excluding diaryl/α,β-unsaturated/α-hetero) is 1. The van der Waals surface area contributed by atoms with Crippen LogP contribution in [0.2, 0.25) is 5.02 Å². The zero-order valence-electron chi connectivity index (χ0n) is 11.2. The van der Waals surface area contributed by atoms with Crippen LogP contribution in [0.3, 0.4) is 0 Å². The normalized spacial score (nSPS) is 14.4. The second-order valence-corrected chi connectivity index (χ2v) is 7.21. The van der Waals surface area contributed by atoms with E-state index in [0.717, 1.165) is 9.87 Å². The van der Waals surface area contributed by atoms with Crippen molar-refractivity contribution in [3.05, 3.63) is 58.6 Å². The number of carbonyl (C=O) groups is 1. The first-order valence-corrected chi connectivity index (χ1v) is 8.13. The van der Waals surface area contributed by atoms with E-state index in [4.69, 9.17) is 11.6 Å². The number of hydrogen-bond acceptors (Lipinski definition) is 3. The second kappa shape index (κ2) is 4.86. The molecular weight excluding hydrogens is 310 g/mol. The second-order valence-electron chi connectivity index (χ2n) is 4.91. The minimum absolute atomic E-state index is 0.170. The number of rotatable bonds is 2. The fraction of sp³-hybridized carbons (Fsp3) is 0.133. The quantitative estimate of drug-likeness (QED) is 0.854. The van der Waals surface area contributed by atoms with Crippen LogP contribution in [0.5, 0.6) is 0 Å². The summed E-state index contributed by atoms with van der Waals surface area (Å²) in [5.41, 5.74) is 1.70. The molecule has 0 spiro atoms. The zero-order valence-corrected chi connectivity index (χ0v) is 12.8. The minimum Gasteiger partial charge on any atom is -0.292 e. The molecule has 0 N–H and O–H groups in total. The van der Waals surface area contributed by atoms with Gasteiger partial charge in [0.15, 0.2) is 5.78 Å². The van der Waals surface area contributed by atoms with Gasteiger partial charge in [0.25, 0.3) is 10.0 Å². The van der Waals surface area contributed by atoms with Crippen LogP contribution in [0, 0.1) is 6.92 Å². The first-order valence-electron chi connectivity index (χ1n) is 6.32. The molecule has 0 aliphatic carbocycles. The highest BCUT2D eigenvalue weighted by atomic mass is 35.5. The molecule has 0 unspecified atom stereocenters. The van der Waals surface area contributed by atoms with Gasteiger partial charge in [-0.3, -0.25) is 9.10 Å². The smallest absolute Gasteiger partial charge is 0.264 e. The Morgan fingerprint density at radius 3 is 2.43 bits per heavy atom. The predicted octanol–water partition coefficient (Wildman–Crippen LogP) is 3.04. The molecule has 2 aromatic rings. The Morgan fingerprint density at radius 2 is 1.76 bits per heavy atom. The molecule has 4 nitrogen and oxygen atoms in total. The van der Waals surface area contributed by atoms with Crippen molar-refractivity contribution in [3.63, 3.8) is 0 Å². The molecule has 6 heteroatoms. The summed E-state index contributed by atoms with van der Waals surface area (Å²) in [4.78, 5) is 12.2. The van der Waals surface area contributed by atoms with Gasteiger partial charge in [0.1, 0.15) is 0 Å². The largest absolute Gasteiger partial charge is 0.292 e. The summed E-state index contributed by atoms with van der Waals surface area (Å²) in [5.74, 6) is -0.247. The standard InChI is InChI=1S/C15H12ClNO3S/c1-10-2-5-12(6-3-10)21(19,20)17-9-15(18)13-8-11(16)4-7-14(13)17/h2-8H,9H2,1H3. The maximum Gasteiger partial charge on any atom is 0.264 e. The monoisotopic (exact) mass is 321 g/mol. The molecule has 21 heavy (non-hydrogen) atoms. The number of benzene rings is 2. The third kappa shape index (κ3) is 2.32. The van der Waals surface area contributed by atoms with Gasteiger partial charge in [0, 0.05) is 10.6 Å². The lowest BCUT2D eigenvalue weighted by molar-refractivity contribution is 0.101. The Labute approximate surface area is 128 Å². The van der Waals surface area contributed by atoms with Crippen LogP contribution in [0.1, 0.15) is 15.9 Å². The molecule has 0 aromatic heterocycles. The number of sulfonamides is 1. The fourth-order valence-corrected chi connectivity index (χ4v) is 3.91. The van der Waals surface area contributed by atoms with Crippen LogP contribution < -0.4 is 4.31 Å². The number of ketones is 1. The SMILES string of the molecule is Cc1ccc(S(=O)(=O)N2CC(=O)c3cc(Cl)ccc32)cc1. The lowest BCUT2D eigenvalue weighted by Crippen LogP contribution is -2.30. The highest BCUT2D eigenvalue weighted by Crippen LogP contribution is 2.34. The lowest BCUT2D eigenvalue weighted by Gasteiger charge is -2.18. The van der Waals surface area contributed by atoms with Crippen LogP contribution in [-0.4, -0.2) is 20.7 Å². The highest BCUT2D eigenvalue weighted by molar-refractivity contribution is 7.93. The fourth-order valence-electron chi connectivity index (χ4n) is 2.30. The van der Waals surface area contributed by atoms with Crippen molar-refractivity contribution < 1.29 is 13.2 Å². The topological polar surface area (TPSA) is 54.5 Å². The van der Waals surface area contributed by atoms with Crippen LogP contribution in [0.15, 0.2) is 47.4 Å². The summed E-state index contributed by atoms with van der Waals surface area (Å²) in [6.45, 7) is 1.69. The van der Waals surface area contributed by atoms with Gasteiger partial charge >= 0.3 is 0 Å². The van der Waals surface area contributed by atoms with Gasteiger partial charge in [-0.1, -0.05) is 29.3 Å². The van der Waals surface area contributed by atoms with Gasteiger partial charge < -0.3 is 0 Å². The maximum atomic E-state index is 12.7. The van der Waals surface area contributed by atoms with Crippen molar-refractivity contribution in [1.29, 1.82) is 0 Å². The number of halogens is 1. The predicted molar refractivity (Wildman–Crippen MR) is 81.5 cm³/mol. The third-order valence-electron chi connectivity index (χ3n) is 3.42. The van der Waals surface area contributed by atoms with E-state index in [1.807, 2.05) is 6.92 Å². The molecule has 0 fully saturated rings. The zero-order chi connectivity index (χ0) is 15.2. The third-order valence-corrected chi connectivity index (χ3v) is 5.43. The average molecular weight is 322 g/mol. The Hall–Kier alpha value is -1.85. The van der Waals surface area contributed by atoms with E-state index >= 15 is 0 Å². The number of hydrogen-bond donors (Lipinski definition) is 0. The van der Waals surface area contributed by atoms with E-state index in [9.17, 15) is 13.2 Å². The van der Waals surface area contributed by atoms with Crippen molar-refractivity contribution in [2.24, 2.45) is 0 Å². The molecule has 2 aromatic carbocycles. The van der Waals surface area contributed by atoms with Gasteiger partial charge in [-0.05, 0) is 37.3 Å². The number of carbonyl (C=O) groups excluding carboxylic acids is 1. The van der Waals surface area contributed by atoms with E-state index in [-0.39, 0.29) is 17.2 Å².